The number of carbonyl (C=O) groups excluding carboxylic acids is 1. The normalized spacial score (nSPS) is 12.7. The highest BCUT2D eigenvalue weighted by Gasteiger charge is 2.17. The predicted octanol–water partition coefficient (Wildman–Crippen LogP) is 3.06. The van der Waals surface area contributed by atoms with Crippen molar-refractivity contribution in [3.8, 4) is 18.1 Å². The van der Waals surface area contributed by atoms with Crippen LogP contribution in [0, 0.1) is 18.2 Å². The minimum atomic E-state index is -0.839. The molecule has 0 aliphatic heterocycles. The summed E-state index contributed by atoms with van der Waals surface area (Å²) in [6.45, 7) is 1.72. The van der Waals surface area contributed by atoms with Crippen LogP contribution in [0.2, 0.25) is 0 Å². The van der Waals surface area contributed by atoms with Gasteiger partial charge in [-0.15, -0.1) is 6.42 Å². The number of rotatable bonds is 7. The molecule has 7 heteroatoms. The van der Waals surface area contributed by atoms with Gasteiger partial charge >= 0.3 is 6.03 Å². The standard InChI is InChI=1S/C18H19FN2O4/c1-3-8-24-16-7-6-13(19)11-14(16)21-18(23)20-12(2)10-15(22)17-5-4-9-25-17/h1,4-7,9,11-12,15,22H,8,10H2,2H3,(H2,20,21,23). The number of anilines is 1. The summed E-state index contributed by atoms with van der Waals surface area (Å²) < 4.78 is 23.8. The summed E-state index contributed by atoms with van der Waals surface area (Å²) in [5.41, 5.74) is 0.159. The van der Waals surface area contributed by atoms with Gasteiger partial charge in [0, 0.05) is 18.5 Å². The van der Waals surface area contributed by atoms with E-state index in [0.29, 0.717) is 5.76 Å². The zero-order valence-corrected chi connectivity index (χ0v) is 13.7. The Morgan fingerprint density at radius 1 is 1.48 bits per heavy atom. The Kier molecular flexibility index (Phi) is 6.43. The lowest BCUT2D eigenvalue weighted by Gasteiger charge is -2.18. The van der Waals surface area contributed by atoms with Gasteiger partial charge in [0.25, 0.3) is 0 Å². The summed E-state index contributed by atoms with van der Waals surface area (Å²) in [6.07, 6.45) is 6.01. The first-order valence-corrected chi connectivity index (χ1v) is 7.64. The number of furan rings is 1. The van der Waals surface area contributed by atoms with Gasteiger partial charge in [0.2, 0.25) is 0 Å². The van der Waals surface area contributed by atoms with Crippen LogP contribution in [0.25, 0.3) is 0 Å². The second-order valence-corrected chi connectivity index (χ2v) is 5.40. The Hall–Kier alpha value is -2.98. The van der Waals surface area contributed by atoms with Crippen LogP contribution in [0.1, 0.15) is 25.2 Å². The number of urea groups is 1. The lowest BCUT2D eigenvalue weighted by atomic mass is 10.1. The number of ether oxygens (including phenoxy) is 1. The summed E-state index contributed by atoms with van der Waals surface area (Å²) >= 11 is 0. The van der Waals surface area contributed by atoms with Gasteiger partial charge in [-0.3, -0.25) is 0 Å². The van der Waals surface area contributed by atoms with Crippen LogP contribution in [0.4, 0.5) is 14.9 Å². The summed E-state index contributed by atoms with van der Waals surface area (Å²) in [5, 5.41) is 15.2. The average Bonchev–Trinajstić information content (AvgIpc) is 3.08. The van der Waals surface area contributed by atoms with Crippen LogP contribution in [0.3, 0.4) is 0 Å². The monoisotopic (exact) mass is 346 g/mol. The number of terminal acetylenes is 1. The van der Waals surface area contributed by atoms with Gasteiger partial charge in [0.1, 0.15) is 30.0 Å². The molecule has 6 nitrogen and oxygen atoms in total. The van der Waals surface area contributed by atoms with Crippen LogP contribution in [0.5, 0.6) is 5.75 Å². The first-order chi connectivity index (χ1) is 12.0. The lowest BCUT2D eigenvalue weighted by Crippen LogP contribution is -2.37. The molecule has 0 spiro atoms. The van der Waals surface area contributed by atoms with E-state index >= 15 is 0 Å². The number of carbonyl (C=O) groups is 1. The largest absolute Gasteiger partial charge is 0.479 e. The molecule has 3 N–H and O–H groups in total. The predicted molar refractivity (Wildman–Crippen MR) is 90.6 cm³/mol. The number of amides is 2. The van der Waals surface area contributed by atoms with Crippen molar-refractivity contribution >= 4 is 11.7 Å². The summed E-state index contributed by atoms with van der Waals surface area (Å²) in [5.74, 6) is 2.46. The number of benzene rings is 1. The Bertz CT molecular complexity index is 740. The Labute approximate surface area is 145 Å². The van der Waals surface area contributed by atoms with E-state index in [1.807, 2.05) is 0 Å². The molecule has 25 heavy (non-hydrogen) atoms. The van der Waals surface area contributed by atoms with Crippen LogP contribution in [0.15, 0.2) is 41.0 Å². The molecular formula is C18H19FN2O4. The van der Waals surface area contributed by atoms with E-state index in [2.05, 4.69) is 16.6 Å². The van der Waals surface area contributed by atoms with Gasteiger partial charge in [0.15, 0.2) is 0 Å². The molecule has 0 saturated carbocycles. The highest BCUT2D eigenvalue weighted by Crippen LogP contribution is 2.25. The first-order valence-electron chi connectivity index (χ1n) is 7.64. The molecule has 2 amide bonds. The van der Waals surface area contributed by atoms with E-state index in [9.17, 15) is 14.3 Å². The lowest BCUT2D eigenvalue weighted by molar-refractivity contribution is 0.130. The Morgan fingerprint density at radius 2 is 2.28 bits per heavy atom. The first kappa shape index (κ1) is 18.4. The van der Waals surface area contributed by atoms with Crippen LogP contribution >= 0.6 is 0 Å². The average molecular weight is 346 g/mol. The smallest absolute Gasteiger partial charge is 0.319 e. The maximum Gasteiger partial charge on any atom is 0.319 e. The third kappa shape index (κ3) is 5.55. The van der Waals surface area contributed by atoms with Gasteiger partial charge in [-0.05, 0) is 31.2 Å². The van der Waals surface area contributed by atoms with Crippen molar-refractivity contribution in [2.45, 2.75) is 25.5 Å². The topological polar surface area (TPSA) is 83.7 Å². The molecule has 2 atom stereocenters. The van der Waals surface area contributed by atoms with Crippen molar-refractivity contribution in [2.24, 2.45) is 0 Å². The molecule has 1 aromatic carbocycles. The summed E-state index contributed by atoms with van der Waals surface area (Å²) in [6, 6.07) is 6.13. The summed E-state index contributed by atoms with van der Waals surface area (Å²) in [7, 11) is 0. The SMILES string of the molecule is C#CCOc1ccc(F)cc1NC(=O)NC(C)CC(O)c1ccco1. The number of hydrogen-bond acceptors (Lipinski definition) is 4. The highest BCUT2D eigenvalue weighted by atomic mass is 19.1. The fraction of sp³-hybridized carbons (Fsp3) is 0.278. The van der Waals surface area contributed by atoms with Crippen LogP contribution < -0.4 is 15.4 Å². The number of halogens is 1. The molecule has 0 fully saturated rings. The quantitative estimate of drug-likeness (QED) is 0.673. The molecule has 2 unspecified atom stereocenters. The van der Waals surface area contributed by atoms with Gasteiger partial charge in [-0.25, -0.2) is 9.18 Å². The van der Waals surface area contributed by atoms with Crippen molar-refractivity contribution in [3.63, 3.8) is 0 Å². The van der Waals surface area contributed by atoms with Crippen molar-refractivity contribution in [1.29, 1.82) is 0 Å². The molecule has 0 radical (unpaired) electrons. The molecule has 1 heterocycles. The maximum absolute atomic E-state index is 13.4. The Morgan fingerprint density at radius 3 is 2.96 bits per heavy atom. The van der Waals surface area contributed by atoms with E-state index in [4.69, 9.17) is 15.6 Å². The number of nitrogens with one attached hydrogen (secondary N) is 2. The number of hydrogen-bond donors (Lipinski definition) is 3. The minimum Gasteiger partial charge on any atom is -0.479 e. The van der Waals surface area contributed by atoms with Gasteiger partial charge < -0.3 is 24.9 Å². The van der Waals surface area contributed by atoms with Crippen LogP contribution in [-0.4, -0.2) is 23.8 Å². The molecule has 0 aliphatic carbocycles. The second kappa shape index (κ2) is 8.76. The molecule has 0 bridgehead atoms. The van der Waals surface area contributed by atoms with Gasteiger partial charge in [-0.1, -0.05) is 5.92 Å². The Balaban J connectivity index is 1.93. The molecule has 2 rings (SSSR count). The van der Waals surface area contributed by atoms with E-state index in [-0.39, 0.29) is 30.5 Å². The molecule has 1 aromatic heterocycles. The van der Waals surface area contributed by atoms with Crippen molar-refractivity contribution in [1.82, 2.24) is 5.32 Å². The minimum absolute atomic E-state index is 0.00628. The maximum atomic E-state index is 13.4. The van der Waals surface area contributed by atoms with Crippen molar-refractivity contribution in [3.05, 3.63) is 48.2 Å². The zero-order valence-electron chi connectivity index (χ0n) is 13.7. The molecule has 0 aliphatic rings. The fourth-order valence-corrected chi connectivity index (χ4v) is 2.22. The van der Waals surface area contributed by atoms with Gasteiger partial charge in [-0.2, -0.15) is 0 Å². The summed E-state index contributed by atoms with van der Waals surface area (Å²) in [4.78, 5) is 12.1. The van der Waals surface area contributed by atoms with E-state index in [1.54, 1.807) is 19.1 Å². The van der Waals surface area contributed by atoms with Gasteiger partial charge in [0.05, 0.1) is 12.0 Å². The molecule has 132 valence electrons. The van der Waals surface area contributed by atoms with Crippen LogP contribution in [-0.2, 0) is 0 Å². The molecule has 0 saturated heterocycles. The fourth-order valence-electron chi connectivity index (χ4n) is 2.22. The number of aliphatic hydroxyl groups excluding tert-OH is 1. The molecule has 2 aromatic rings. The zero-order chi connectivity index (χ0) is 18.2. The third-order valence-corrected chi connectivity index (χ3v) is 3.33. The second-order valence-electron chi connectivity index (χ2n) is 5.40. The van der Waals surface area contributed by atoms with Crippen molar-refractivity contribution in [2.75, 3.05) is 11.9 Å². The molecular weight excluding hydrogens is 327 g/mol. The highest BCUT2D eigenvalue weighted by molar-refractivity contribution is 5.91. The van der Waals surface area contributed by atoms with Crippen molar-refractivity contribution < 1.29 is 23.4 Å². The van der Waals surface area contributed by atoms with E-state index in [0.717, 1.165) is 6.07 Å². The van der Waals surface area contributed by atoms with E-state index in [1.165, 1.54) is 18.4 Å². The van der Waals surface area contributed by atoms with E-state index < -0.39 is 18.0 Å². The third-order valence-electron chi connectivity index (χ3n) is 3.33. The number of aliphatic hydroxyl groups is 1.